The van der Waals surface area contributed by atoms with E-state index >= 15 is 4.39 Å². The van der Waals surface area contributed by atoms with Gasteiger partial charge in [-0.3, -0.25) is 19.7 Å². The number of nitrogens with two attached hydrogens (primary N) is 1. The molecule has 0 radical (unpaired) electrons. The monoisotopic (exact) mass is 619 g/mol. The minimum atomic E-state index is -1.46. The summed E-state index contributed by atoms with van der Waals surface area (Å²) >= 11 is 12.1. The van der Waals surface area contributed by atoms with Crippen molar-refractivity contribution in [2.45, 2.75) is 81.5 Å². The number of carbonyl (C=O) groups excluding carboxylic acids is 3. The van der Waals surface area contributed by atoms with Crippen LogP contribution in [0.3, 0.4) is 0 Å². The van der Waals surface area contributed by atoms with E-state index in [9.17, 15) is 14.4 Å². The Morgan fingerprint density at radius 2 is 1.95 bits per heavy atom. The van der Waals surface area contributed by atoms with Gasteiger partial charge in [0.1, 0.15) is 22.5 Å². The van der Waals surface area contributed by atoms with Crippen LogP contribution in [0.1, 0.15) is 57.9 Å². The van der Waals surface area contributed by atoms with Crippen molar-refractivity contribution in [3.05, 3.63) is 52.4 Å². The van der Waals surface area contributed by atoms with E-state index in [1.165, 1.54) is 6.21 Å². The van der Waals surface area contributed by atoms with Crippen LogP contribution in [0.5, 0.6) is 0 Å². The van der Waals surface area contributed by atoms with E-state index in [-0.39, 0.29) is 23.1 Å². The fourth-order valence-corrected chi connectivity index (χ4v) is 7.51. The lowest BCUT2D eigenvalue weighted by molar-refractivity contribution is -0.134. The Morgan fingerprint density at radius 1 is 1.24 bits per heavy atom. The molecule has 2 saturated heterocycles. The van der Waals surface area contributed by atoms with Gasteiger partial charge in [-0.2, -0.15) is 0 Å². The number of amides is 3. The molecule has 1 aliphatic carbocycles. The maximum atomic E-state index is 16.6. The number of nitrogens with zero attached hydrogens (tertiary/aromatic N) is 1. The molecule has 5 rings (SSSR count). The maximum Gasteiger partial charge on any atom is 0.246 e. The first kappa shape index (κ1) is 30.7. The third-order valence-electron chi connectivity index (χ3n) is 9.42. The van der Waals surface area contributed by atoms with Crippen LogP contribution in [0.15, 0.2) is 46.8 Å². The van der Waals surface area contributed by atoms with Crippen LogP contribution in [0.25, 0.3) is 0 Å². The average molecular weight is 621 g/mol. The van der Waals surface area contributed by atoms with Crippen molar-refractivity contribution in [2.24, 2.45) is 22.1 Å². The number of primary amides is 1. The number of ether oxygens (including phenoxy) is 1. The summed E-state index contributed by atoms with van der Waals surface area (Å²) in [4.78, 5) is 43.8. The number of benzene rings is 1. The number of hydrogen-bond donors (Lipinski definition) is 4. The van der Waals surface area contributed by atoms with Crippen LogP contribution in [-0.4, -0.2) is 54.3 Å². The van der Waals surface area contributed by atoms with E-state index in [4.69, 9.17) is 33.7 Å². The zero-order valence-corrected chi connectivity index (χ0v) is 25.2. The molecule has 0 unspecified atom stereocenters. The molecule has 42 heavy (non-hydrogen) atoms. The highest BCUT2D eigenvalue weighted by molar-refractivity contribution is 6.31. The third kappa shape index (κ3) is 5.27. The predicted molar refractivity (Wildman–Crippen MR) is 160 cm³/mol. The molecule has 3 fully saturated rings. The summed E-state index contributed by atoms with van der Waals surface area (Å²) < 4.78 is 22.2. The van der Waals surface area contributed by atoms with Crippen molar-refractivity contribution in [2.75, 3.05) is 11.9 Å². The molecule has 9 nitrogen and oxygen atoms in total. The van der Waals surface area contributed by atoms with Crippen molar-refractivity contribution in [1.82, 2.24) is 10.6 Å². The number of aliphatic imine (C=N–C) groups is 1. The summed E-state index contributed by atoms with van der Waals surface area (Å²) in [6.07, 6.45) is 5.04. The topological polar surface area (TPSA) is 135 Å². The van der Waals surface area contributed by atoms with Gasteiger partial charge in [0.25, 0.3) is 0 Å². The summed E-state index contributed by atoms with van der Waals surface area (Å²) in [5, 5.41) is 9.84. The van der Waals surface area contributed by atoms with Crippen molar-refractivity contribution < 1.29 is 23.5 Å². The molecule has 3 amide bonds. The summed E-state index contributed by atoms with van der Waals surface area (Å²) in [6, 6.07) is 3.57. The highest BCUT2D eigenvalue weighted by Crippen LogP contribution is 2.62. The first-order valence-corrected chi connectivity index (χ1v) is 14.9. The molecule has 1 saturated carbocycles. The first-order chi connectivity index (χ1) is 19.8. The lowest BCUT2D eigenvalue weighted by atomic mass is 9.54. The van der Waals surface area contributed by atoms with Crippen molar-refractivity contribution in [3.63, 3.8) is 0 Å². The molecule has 12 heteroatoms. The Kier molecular flexibility index (Phi) is 8.30. The number of rotatable bonds is 6. The molecule has 3 heterocycles. The molecule has 4 aliphatic rings. The van der Waals surface area contributed by atoms with Gasteiger partial charge in [0.2, 0.25) is 17.7 Å². The molecule has 1 aromatic rings. The highest BCUT2D eigenvalue weighted by atomic mass is 35.5. The van der Waals surface area contributed by atoms with Crippen LogP contribution < -0.4 is 21.7 Å². The molecule has 0 bridgehead atoms. The fourth-order valence-electron chi connectivity index (χ4n) is 7.28. The Bertz CT molecular complexity index is 1360. The quantitative estimate of drug-likeness (QED) is 0.279. The maximum absolute atomic E-state index is 16.6. The van der Waals surface area contributed by atoms with Gasteiger partial charge in [-0.05, 0) is 67.7 Å². The Balaban J connectivity index is 1.61. The van der Waals surface area contributed by atoms with Gasteiger partial charge in [0.15, 0.2) is 0 Å². The standard InChI is InChI=1S/C30H36Cl2FN5O4/c1-16(31)35-13-8-20(33)23-24(26(40)36-18-5-7-22(25(34)39)42-15-18)38-29(11-9-28(2,3)10-12-29)30(23)19-6-4-17(32)14-21(19)37-27(30)41/h4,6,8,13-14,18,22-24,38H,1,5,7,9-12,15H2,2-3H3,(H2,34,39)(H,36,40)(H,37,41)/b20-8-,35-13?/t18-,22+,23+,24-,30-/m1/s1. The van der Waals surface area contributed by atoms with Crippen LogP contribution in [0.4, 0.5) is 10.1 Å². The van der Waals surface area contributed by atoms with E-state index in [2.05, 4.69) is 41.4 Å². The normalized spacial score (nSPS) is 31.7. The second kappa shape index (κ2) is 11.4. The largest absolute Gasteiger partial charge is 0.367 e. The van der Waals surface area contributed by atoms with Crippen LogP contribution in [-0.2, 0) is 24.5 Å². The molecular weight excluding hydrogens is 584 g/mol. The lowest BCUT2D eigenvalue weighted by Crippen LogP contribution is -2.62. The molecule has 1 aromatic carbocycles. The van der Waals surface area contributed by atoms with Crippen molar-refractivity contribution >= 4 is 52.8 Å². The summed E-state index contributed by atoms with van der Waals surface area (Å²) in [5.41, 5.74) is 4.08. The number of nitrogens with one attached hydrogen (secondary N) is 3. The molecule has 5 N–H and O–H groups in total. The first-order valence-electron chi connectivity index (χ1n) is 14.1. The molecule has 0 aromatic heterocycles. The fraction of sp³-hybridized carbons (Fsp3) is 0.533. The van der Waals surface area contributed by atoms with E-state index in [1.807, 2.05) is 0 Å². The van der Waals surface area contributed by atoms with Gasteiger partial charge in [-0.15, -0.1) is 0 Å². The number of halogens is 3. The van der Waals surface area contributed by atoms with Gasteiger partial charge < -0.3 is 21.1 Å². The Labute approximate surface area is 254 Å². The molecule has 2 spiro atoms. The third-order valence-corrected chi connectivity index (χ3v) is 9.76. The van der Waals surface area contributed by atoms with Gasteiger partial charge >= 0.3 is 0 Å². The van der Waals surface area contributed by atoms with Gasteiger partial charge in [0.05, 0.1) is 24.6 Å². The van der Waals surface area contributed by atoms with Crippen molar-refractivity contribution in [3.8, 4) is 0 Å². The molecule has 5 atom stereocenters. The number of hydrogen-bond acceptors (Lipinski definition) is 6. The second-order valence-electron chi connectivity index (χ2n) is 12.5. The Morgan fingerprint density at radius 3 is 2.57 bits per heavy atom. The molecular formula is C30H36Cl2FN5O4. The second-order valence-corrected chi connectivity index (χ2v) is 13.4. The smallest absolute Gasteiger partial charge is 0.246 e. The molecule has 3 aliphatic heterocycles. The minimum absolute atomic E-state index is 0.0139. The lowest BCUT2D eigenvalue weighted by Gasteiger charge is -2.50. The molecule has 226 valence electrons. The predicted octanol–water partition coefficient (Wildman–Crippen LogP) is 4.24. The highest BCUT2D eigenvalue weighted by Gasteiger charge is 2.73. The summed E-state index contributed by atoms with van der Waals surface area (Å²) in [5.74, 6) is -3.33. The van der Waals surface area contributed by atoms with Crippen LogP contribution in [0, 0.1) is 11.3 Å². The SMILES string of the molecule is C=C(Cl)N=C/C=C(\F)[C@H]1[C@H](C(=O)N[C@@H]2CC[C@@H](C(N)=O)OC2)NC2(CCC(C)(C)CC2)[C@@]12C(=O)Nc1cc(Cl)ccc12. The summed E-state index contributed by atoms with van der Waals surface area (Å²) in [7, 11) is 0. The van der Waals surface area contributed by atoms with Crippen LogP contribution in [0.2, 0.25) is 5.02 Å². The van der Waals surface area contributed by atoms with E-state index in [1.54, 1.807) is 18.2 Å². The zero-order valence-electron chi connectivity index (χ0n) is 23.6. The van der Waals surface area contributed by atoms with Crippen molar-refractivity contribution in [1.29, 1.82) is 0 Å². The van der Waals surface area contributed by atoms with Crippen LogP contribution >= 0.6 is 23.2 Å². The van der Waals surface area contributed by atoms with E-state index in [0.29, 0.717) is 42.0 Å². The van der Waals surface area contributed by atoms with Gasteiger partial charge in [-0.1, -0.05) is 49.7 Å². The van der Waals surface area contributed by atoms with Gasteiger partial charge in [-0.25, -0.2) is 9.38 Å². The number of allylic oxidation sites excluding steroid dienone is 1. The Hall–Kier alpha value is -2.79. The summed E-state index contributed by atoms with van der Waals surface area (Å²) in [6.45, 7) is 7.93. The number of fused-ring (bicyclic) bond motifs is 3. The number of carbonyl (C=O) groups is 3. The van der Waals surface area contributed by atoms with E-state index < -0.39 is 52.7 Å². The number of anilines is 1. The average Bonchev–Trinajstić information content (AvgIpc) is 3.38. The zero-order chi connectivity index (χ0) is 30.4. The minimum Gasteiger partial charge on any atom is -0.367 e. The van der Waals surface area contributed by atoms with Gasteiger partial charge in [0, 0.05) is 22.5 Å². The van der Waals surface area contributed by atoms with E-state index in [0.717, 1.165) is 18.9 Å².